The van der Waals surface area contributed by atoms with E-state index in [1.165, 1.54) is 7.11 Å². The Morgan fingerprint density at radius 3 is 2.37 bits per heavy atom. The fourth-order valence-electron chi connectivity index (χ4n) is 1.48. The lowest BCUT2D eigenvalue weighted by Gasteiger charge is -2.29. The molecule has 19 heavy (non-hydrogen) atoms. The van der Waals surface area contributed by atoms with Crippen molar-refractivity contribution in [2.24, 2.45) is 0 Å². The van der Waals surface area contributed by atoms with Gasteiger partial charge in [-0.25, -0.2) is 4.79 Å². The molecule has 6 heteroatoms. The number of carbonyl (C=O) groups excluding carboxylic acids is 2. The van der Waals surface area contributed by atoms with Gasteiger partial charge in [0, 0.05) is 18.7 Å². The van der Waals surface area contributed by atoms with Crippen LogP contribution in [0.25, 0.3) is 0 Å². The van der Waals surface area contributed by atoms with Crippen LogP contribution in [0.3, 0.4) is 0 Å². The summed E-state index contributed by atoms with van der Waals surface area (Å²) in [7, 11) is 1.34. The highest BCUT2D eigenvalue weighted by atomic mass is 16.5. The van der Waals surface area contributed by atoms with Crippen LogP contribution in [0.2, 0.25) is 0 Å². The first-order valence-corrected chi connectivity index (χ1v) is 6.39. The van der Waals surface area contributed by atoms with Gasteiger partial charge in [-0.15, -0.1) is 0 Å². The molecule has 0 saturated heterocycles. The van der Waals surface area contributed by atoms with E-state index in [0.717, 1.165) is 6.42 Å². The molecular formula is C13H26N2O4. The number of ether oxygens (including phenoxy) is 2. The Kier molecular flexibility index (Phi) is 7.44. The molecule has 0 heterocycles. The largest absolute Gasteiger partial charge is 0.453 e. The number of methoxy groups -OCH3 is 1. The Morgan fingerprint density at radius 1 is 1.21 bits per heavy atom. The molecule has 0 atom stereocenters. The van der Waals surface area contributed by atoms with Crippen LogP contribution >= 0.6 is 0 Å². The standard InChI is InChI=1S/C13H26N2O4/c1-12(2,15-11(17)18-5)7-9-19-13(3,4)6-8-14-10-16/h10H,6-9H2,1-5H3,(H,14,16)(H,15,17). The molecule has 2 amide bonds. The Balaban J connectivity index is 3.98. The minimum absolute atomic E-state index is 0.308. The average Bonchev–Trinajstić information content (AvgIpc) is 2.27. The van der Waals surface area contributed by atoms with E-state index in [-0.39, 0.29) is 11.1 Å². The first kappa shape index (κ1) is 17.7. The zero-order valence-electron chi connectivity index (χ0n) is 12.5. The van der Waals surface area contributed by atoms with Crippen molar-refractivity contribution in [3.8, 4) is 0 Å². The van der Waals surface area contributed by atoms with Gasteiger partial charge >= 0.3 is 6.09 Å². The maximum atomic E-state index is 11.1. The van der Waals surface area contributed by atoms with Crippen LogP contribution in [0.1, 0.15) is 40.5 Å². The summed E-state index contributed by atoms with van der Waals surface area (Å²) < 4.78 is 10.3. The lowest BCUT2D eigenvalue weighted by atomic mass is 10.0. The molecule has 0 aliphatic heterocycles. The molecule has 0 aromatic heterocycles. The first-order chi connectivity index (χ1) is 8.72. The normalized spacial score (nSPS) is 11.8. The van der Waals surface area contributed by atoms with Crippen molar-refractivity contribution in [1.29, 1.82) is 0 Å². The summed E-state index contributed by atoms with van der Waals surface area (Å²) in [6.07, 6.45) is 1.64. The summed E-state index contributed by atoms with van der Waals surface area (Å²) in [6, 6.07) is 0. The second kappa shape index (κ2) is 7.99. The fraction of sp³-hybridized carbons (Fsp3) is 0.846. The highest BCUT2D eigenvalue weighted by Gasteiger charge is 2.23. The van der Waals surface area contributed by atoms with E-state index < -0.39 is 6.09 Å². The van der Waals surface area contributed by atoms with Crippen molar-refractivity contribution < 1.29 is 19.1 Å². The maximum absolute atomic E-state index is 11.1. The van der Waals surface area contributed by atoms with Crippen molar-refractivity contribution in [2.75, 3.05) is 20.3 Å². The fourth-order valence-corrected chi connectivity index (χ4v) is 1.48. The zero-order valence-corrected chi connectivity index (χ0v) is 12.5. The van der Waals surface area contributed by atoms with Gasteiger partial charge in [0.05, 0.1) is 12.7 Å². The van der Waals surface area contributed by atoms with Crippen molar-refractivity contribution in [2.45, 2.75) is 51.7 Å². The van der Waals surface area contributed by atoms with Gasteiger partial charge in [0.2, 0.25) is 6.41 Å². The van der Waals surface area contributed by atoms with Gasteiger partial charge in [0.15, 0.2) is 0 Å². The van der Waals surface area contributed by atoms with E-state index in [0.29, 0.717) is 26.0 Å². The highest BCUT2D eigenvalue weighted by Crippen LogP contribution is 2.16. The van der Waals surface area contributed by atoms with Gasteiger partial charge < -0.3 is 20.1 Å². The molecule has 112 valence electrons. The van der Waals surface area contributed by atoms with E-state index in [9.17, 15) is 9.59 Å². The molecule has 2 N–H and O–H groups in total. The summed E-state index contributed by atoms with van der Waals surface area (Å²) in [5.41, 5.74) is -0.693. The van der Waals surface area contributed by atoms with E-state index in [4.69, 9.17) is 4.74 Å². The maximum Gasteiger partial charge on any atom is 0.407 e. The lowest BCUT2D eigenvalue weighted by Crippen LogP contribution is -2.44. The van der Waals surface area contributed by atoms with E-state index in [1.807, 2.05) is 27.7 Å². The van der Waals surface area contributed by atoms with Crippen LogP contribution in [0.4, 0.5) is 4.79 Å². The summed E-state index contributed by atoms with van der Waals surface area (Å²) in [5, 5.41) is 5.36. The molecule has 0 aromatic rings. The van der Waals surface area contributed by atoms with Gasteiger partial charge in [-0.1, -0.05) is 0 Å². The molecule has 0 spiro atoms. The summed E-state index contributed by atoms with van der Waals surface area (Å²) in [5.74, 6) is 0. The molecule has 0 aliphatic carbocycles. The molecule has 0 aliphatic rings. The molecule has 0 fully saturated rings. The third-order valence-corrected chi connectivity index (χ3v) is 2.80. The van der Waals surface area contributed by atoms with Crippen molar-refractivity contribution in [3.63, 3.8) is 0 Å². The first-order valence-electron chi connectivity index (χ1n) is 6.39. The Bertz CT molecular complexity index is 290. The summed E-state index contributed by atoms with van der Waals surface area (Å²) in [4.78, 5) is 21.3. The van der Waals surface area contributed by atoms with Gasteiger partial charge in [-0.05, 0) is 40.5 Å². The van der Waals surface area contributed by atoms with Crippen molar-refractivity contribution in [3.05, 3.63) is 0 Å². The second-order valence-electron chi connectivity index (χ2n) is 5.68. The molecule has 6 nitrogen and oxygen atoms in total. The van der Waals surface area contributed by atoms with E-state index >= 15 is 0 Å². The average molecular weight is 274 g/mol. The second-order valence-corrected chi connectivity index (χ2v) is 5.68. The topological polar surface area (TPSA) is 76.7 Å². The molecule has 0 bridgehead atoms. The van der Waals surface area contributed by atoms with Crippen LogP contribution in [0.5, 0.6) is 0 Å². The molecule has 0 rings (SSSR count). The highest BCUT2D eigenvalue weighted by molar-refractivity contribution is 5.67. The third kappa shape index (κ3) is 9.30. The SMILES string of the molecule is COC(=O)NC(C)(C)CCOC(C)(C)CCNC=O. The van der Waals surface area contributed by atoms with Crippen LogP contribution in [0, 0.1) is 0 Å². The number of carbonyl (C=O) groups is 2. The number of alkyl carbamates (subject to hydrolysis) is 1. The smallest absolute Gasteiger partial charge is 0.407 e. The molecular weight excluding hydrogens is 248 g/mol. The number of hydrogen-bond donors (Lipinski definition) is 2. The predicted molar refractivity (Wildman–Crippen MR) is 73.0 cm³/mol. The minimum Gasteiger partial charge on any atom is -0.453 e. The van der Waals surface area contributed by atoms with E-state index in [1.54, 1.807) is 0 Å². The summed E-state index contributed by atoms with van der Waals surface area (Å²) >= 11 is 0. The van der Waals surface area contributed by atoms with Crippen LogP contribution in [-0.2, 0) is 14.3 Å². The quantitative estimate of drug-likeness (QED) is 0.493. The predicted octanol–water partition coefficient (Wildman–Crippen LogP) is 1.44. The van der Waals surface area contributed by atoms with Crippen LogP contribution in [0.15, 0.2) is 0 Å². The summed E-state index contributed by atoms with van der Waals surface area (Å²) in [6.45, 7) is 8.87. The van der Waals surface area contributed by atoms with Gasteiger partial charge in [-0.3, -0.25) is 4.79 Å². The molecule has 0 aromatic carbocycles. The molecule has 0 saturated carbocycles. The monoisotopic (exact) mass is 274 g/mol. The molecule has 0 radical (unpaired) electrons. The number of nitrogens with one attached hydrogen (secondary N) is 2. The van der Waals surface area contributed by atoms with Crippen molar-refractivity contribution in [1.82, 2.24) is 10.6 Å². The van der Waals surface area contributed by atoms with Crippen LogP contribution < -0.4 is 10.6 Å². The molecule has 0 unspecified atom stereocenters. The number of rotatable bonds is 9. The zero-order chi connectivity index (χ0) is 14.9. The Hall–Kier alpha value is -1.30. The number of amides is 2. The minimum atomic E-state index is -0.445. The third-order valence-electron chi connectivity index (χ3n) is 2.80. The van der Waals surface area contributed by atoms with Gasteiger partial charge in [0.25, 0.3) is 0 Å². The van der Waals surface area contributed by atoms with Gasteiger partial charge in [-0.2, -0.15) is 0 Å². The Morgan fingerprint density at radius 2 is 1.84 bits per heavy atom. The van der Waals surface area contributed by atoms with Crippen molar-refractivity contribution >= 4 is 12.5 Å². The van der Waals surface area contributed by atoms with Crippen LogP contribution in [-0.4, -0.2) is 43.9 Å². The van der Waals surface area contributed by atoms with E-state index in [2.05, 4.69) is 15.4 Å². The number of hydrogen-bond acceptors (Lipinski definition) is 4. The van der Waals surface area contributed by atoms with Gasteiger partial charge in [0.1, 0.15) is 0 Å². The Labute approximate surface area is 115 Å². The lowest BCUT2D eigenvalue weighted by molar-refractivity contribution is -0.109.